The Labute approximate surface area is 134 Å². The summed E-state index contributed by atoms with van der Waals surface area (Å²) >= 11 is 0. The highest BCUT2D eigenvalue weighted by Gasteiger charge is 2.22. The highest BCUT2D eigenvalue weighted by atomic mass is 16.2. The highest BCUT2D eigenvalue weighted by molar-refractivity contribution is 5.86. The van der Waals surface area contributed by atoms with Gasteiger partial charge in [-0.25, -0.2) is 14.5 Å². The molecular weight excluding hydrogens is 294 g/mol. The molecule has 2 aromatic rings. The Kier molecular flexibility index (Phi) is 4.40. The summed E-state index contributed by atoms with van der Waals surface area (Å²) in [7, 11) is 3.47. The summed E-state index contributed by atoms with van der Waals surface area (Å²) in [5.74, 6) is 0.661. The number of fused-ring (bicyclic) bond motifs is 1. The maximum absolute atomic E-state index is 11.7. The summed E-state index contributed by atoms with van der Waals surface area (Å²) in [4.78, 5) is 22.1. The molecule has 8 nitrogen and oxygen atoms in total. The molecule has 0 aromatic carbocycles. The lowest BCUT2D eigenvalue weighted by Crippen LogP contribution is -2.43. The molecule has 1 fully saturated rings. The first-order valence-corrected chi connectivity index (χ1v) is 7.66. The summed E-state index contributed by atoms with van der Waals surface area (Å²) in [6.07, 6.45) is 5.74. The number of likely N-dealkylation sites (N-methyl/N-ethyl adjacent to an activating group) is 1. The number of aromatic nitrogens is 3. The van der Waals surface area contributed by atoms with Crippen LogP contribution in [-0.2, 0) is 11.3 Å². The van der Waals surface area contributed by atoms with Crippen molar-refractivity contribution in [2.24, 2.45) is 4.99 Å². The van der Waals surface area contributed by atoms with Crippen LogP contribution in [0.15, 0.2) is 29.5 Å². The zero-order chi connectivity index (χ0) is 16.2. The molecule has 2 heterocycles. The van der Waals surface area contributed by atoms with E-state index in [4.69, 9.17) is 0 Å². The molecule has 1 aliphatic carbocycles. The number of aliphatic imine (C=N–C) groups is 1. The van der Waals surface area contributed by atoms with E-state index in [2.05, 4.69) is 25.7 Å². The lowest BCUT2D eigenvalue weighted by atomic mass is 10.4. The second-order valence-corrected chi connectivity index (χ2v) is 5.76. The van der Waals surface area contributed by atoms with Gasteiger partial charge in [0.05, 0.1) is 25.0 Å². The number of carbonyl (C=O) groups is 1. The number of nitrogens with zero attached hydrogens (tertiary/aromatic N) is 5. The van der Waals surface area contributed by atoms with Gasteiger partial charge in [-0.3, -0.25) is 4.79 Å². The van der Waals surface area contributed by atoms with Crippen LogP contribution in [0.3, 0.4) is 0 Å². The molecule has 23 heavy (non-hydrogen) atoms. The van der Waals surface area contributed by atoms with Gasteiger partial charge in [-0.15, -0.1) is 0 Å². The quantitative estimate of drug-likeness (QED) is 0.600. The van der Waals surface area contributed by atoms with E-state index in [9.17, 15) is 4.79 Å². The minimum absolute atomic E-state index is 0.00803. The first-order chi connectivity index (χ1) is 11.1. The average Bonchev–Trinajstić information content (AvgIpc) is 3.22. The Balaban J connectivity index is 1.69. The van der Waals surface area contributed by atoms with Crippen LogP contribution in [-0.4, -0.2) is 58.0 Å². The van der Waals surface area contributed by atoms with Gasteiger partial charge < -0.3 is 15.5 Å². The lowest BCUT2D eigenvalue weighted by molar-refractivity contribution is -0.127. The minimum atomic E-state index is 0.00803. The normalized spacial score (nSPS) is 14.8. The fourth-order valence-corrected chi connectivity index (χ4v) is 2.06. The molecule has 2 N–H and O–H groups in total. The largest absolute Gasteiger partial charge is 0.354 e. The van der Waals surface area contributed by atoms with Gasteiger partial charge in [0.2, 0.25) is 5.91 Å². The second kappa shape index (κ2) is 6.64. The number of amides is 1. The third kappa shape index (κ3) is 3.97. The van der Waals surface area contributed by atoms with Gasteiger partial charge >= 0.3 is 0 Å². The van der Waals surface area contributed by atoms with Gasteiger partial charge in [0, 0.05) is 32.4 Å². The molecule has 8 heteroatoms. The predicted octanol–water partition coefficient (Wildman–Crippen LogP) is 0.0151. The summed E-state index contributed by atoms with van der Waals surface area (Å²) in [6.45, 7) is 0.679. The molecule has 3 rings (SSSR count). The van der Waals surface area contributed by atoms with E-state index in [1.165, 1.54) is 0 Å². The zero-order valence-electron chi connectivity index (χ0n) is 13.4. The van der Waals surface area contributed by atoms with Crippen molar-refractivity contribution in [3.05, 3.63) is 30.2 Å². The van der Waals surface area contributed by atoms with E-state index in [0.29, 0.717) is 18.5 Å². The van der Waals surface area contributed by atoms with Crippen LogP contribution < -0.4 is 10.6 Å². The molecule has 2 aromatic heterocycles. The number of hydrogen-bond acceptors (Lipinski definition) is 4. The van der Waals surface area contributed by atoms with Crippen LogP contribution in [0.2, 0.25) is 0 Å². The van der Waals surface area contributed by atoms with Crippen LogP contribution in [0.1, 0.15) is 18.5 Å². The standard InChI is InChI=1S/C15H21N7O/c1-21(2)14(23)10-18-15(20-11-3-4-11)17-9-12-5-7-16-13-6-8-19-22(12)13/h5-8,11H,3-4,9-10H2,1-2H3,(H2,17,18,20). The van der Waals surface area contributed by atoms with Crippen molar-refractivity contribution in [1.82, 2.24) is 30.1 Å². The molecule has 0 aliphatic heterocycles. The molecular formula is C15H21N7O. The molecule has 0 unspecified atom stereocenters. The first-order valence-electron chi connectivity index (χ1n) is 7.66. The van der Waals surface area contributed by atoms with E-state index >= 15 is 0 Å². The zero-order valence-corrected chi connectivity index (χ0v) is 13.4. The fraction of sp³-hybridized carbons (Fsp3) is 0.467. The van der Waals surface area contributed by atoms with Crippen molar-refractivity contribution in [3.63, 3.8) is 0 Å². The van der Waals surface area contributed by atoms with Crippen LogP contribution in [0.25, 0.3) is 5.65 Å². The molecule has 1 saturated carbocycles. The van der Waals surface area contributed by atoms with Crippen LogP contribution in [0, 0.1) is 0 Å². The SMILES string of the molecule is CN(C)C(=O)CNC(=NCc1ccnc2ccnn12)NC1CC1. The van der Waals surface area contributed by atoms with Crippen LogP contribution in [0.4, 0.5) is 0 Å². The monoisotopic (exact) mass is 315 g/mol. The van der Waals surface area contributed by atoms with E-state index in [-0.39, 0.29) is 12.5 Å². The maximum Gasteiger partial charge on any atom is 0.241 e. The highest BCUT2D eigenvalue weighted by Crippen LogP contribution is 2.18. The Bertz CT molecular complexity index is 717. The molecule has 0 atom stereocenters. The van der Waals surface area contributed by atoms with E-state index in [1.807, 2.05) is 12.1 Å². The Morgan fingerprint density at radius 3 is 2.96 bits per heavy atom. The van der Waals surface area contributed by atoms with Crippen LogP contribution >= 0.6 is 0 Å². The van der Waals surface area contributed by atoms with E-state index in [0.717, 1.165) is 24.2 Å². The van der Waals surface area contributed by atoms with Crippen molar-refractivity contribution in [1.29, 1.82) is 0 Å². The molecule has 1 amide bonds. The number of nitrogens with one attached hydrogen (secondary N) is 2. The van der Waals surface area contributed by atoms with Gasteiger partial charge in [0.1, 0.15) is 0 Å². The topological polar surface area (TPSA) is 86.9 Å². The predicted molar refractivity (Wildman–Crippen MR) is 87.0 cm³/mol. The Morgan fingerprint density at radius 2 is 2.22 bits per heavy atom. The van der Waals surface area contributed by atoms with Gasteiger partial charge in [-0.05, 0) is 18.9 Å². The maximum atomic E-state index is 11.7. The van der Waals surface area contributed by atoms with Crippen molar-refractivity contribution in [2.45, 2.75) is 25.4 Å². The molecule has 0 spiro atoms. The van der Waals surface area contributed by atoms with Crippen molar-refractivity contribution >= 4 is 17.5 Å². The van der Waals surface area contributed by atoms with Crippen molar-refractivity contribution in [3.8, 4) is 0 Å². The average molecular weight is 315 g/mol. The summed E-state index contributed by atoms with van der Waals surface area (Å²) in [6, 6.07) is 4.20. The van der Waals surface area contributed by atoms with Crippen LogP contribution in [0.5, 0.6) is 0 Å². The minimum Gasteiger partial charge on any atom is -0.354 e. The molecule has 0 saturated heterocycles. The van der Waals surface area contributed by atoms with Crippen molar-refractivity contribution in [2.75, 3.05) is 20.6 Å². The third-order valence-corrected chi connectivity index (χ3v) is 3.59. The van der Waals surface area contributed by atoms with Gasteiger partial charge in [0.25, 0.3) is 0 Å². The summed E-state index contributed by atoms with van der Waals surface area (Å²) in [5, 5.41) is 10.7. The smallest absolute Gasteiger partial charge is 0.241 e. The lowest BCUT2D eigenvalue weighted by Gasteiger charge is -2.14. The number of rotatable bonds is 5. The summed E-state index contributed by atoms with van der Waals surface area (Å²) in [5.41, 5.74) is 1.74. The second-order valence-electron chi connectivity index (χ2n) is 5.76. The molecule has 1 aliphatic rings. The molecule has 122 valence electrons. The first kappa shape index (κ1) is 15.3. The molecule has 0 bridgehead atoms. The Hall–Kier alpha value is -2.64. The van der Waals surface area contributed by atoms with E-state index in [1.54, 1.807) is 35.9 Å². The van der Waals surface area contributed by atoms with Gasteiger partial charge in [0.15, 0.2) is 11.6 Å². The third-order valence-electron chi connectivity index (χ3n) is 3.59. The molecule has 0 radical (unpaired) electrons. The van der Waals surface area contributed by atoms with Gasteiger partial charge in [-0.2, -0.15) is 5.10 Å². The van der Waals surface area contributed by atoms with E-state index < -0.39 is 0 Å². The summed E-state index contributed by atoms with van der Waals surface area (Å²) < 4.78 is 1.77. The number of hydrogen-bond donors (Lipinski definition) is 2. The van der Waals surface area contributed by atoms with Gasteiger partial charge in [-0.1, -0.05) is 0 Å². The Morgan fingerprint density at radius 1 is 1.39 bits per heavy atom. The number of carbonyl (C=O) groups excluding carboxylic acids is 1. The fourth-order valence-electron chi connectivity index (χ4n) is 2.06. The number of guanidine groups is 1. The van der Waals surface area contributed by atoms with Crippen molar-refractivity contribution < 1.29 is 4.79 Å².